The van der Waals surface area contributed by atoms with E-state index in [0.29, 0.717) is 22.3 Å². The van der Waals surface area contributed by atoms with Crippen molar-refractivity contribution in [1.82, 2.24) is 19.4 Å². The van der Waals surface area contributed by atoms with Crippen molar-refractivity contribution >= 4 is 33.7 Å². The maximum Gasteiger partial charge on any atom is 0.271 e. The fraction of sp³-hybridized carbons (Fsp3) is 0. The summed E-state index contributed by atoms with van der Waals surface area (Å²) >= 11 is 0. The van der Waals surface area contributed by atoms with E-state index in [0.717, 1.165) is 16.8 Å². The minimum atomic E-state index is -0.437. The van der Waals surface area contributed by atoms with Gasteiger partial charge in [-0.25, -0.2) is 15.0 Å². The van der Waals surface area contributed by atoms with E-state index in [1.807, 2.05) is 53.1 Å². The summed E-state index contributed by atoms with van der Waals surface area (Å²) in [5, 5.41) is 11.0. The molecule has 2 aromatic carbocycles. The molecule has 0 unspecified atom stereocenters. The van der Waals surface area contributed by atoms with Gasteiger partial charge in [0.2, 0.25) is 0 Å². The molecule has 0 spiro atoms. The molecule has 5 rings (SSSR count). The average Bonchev–Trinajstić information content (AvgIpc) is 3.04. The van der Waals surface area contributed by atoms with Gasteiger partial charge >= 0.3 is 0 Å². The average molecular weight is 341 g/mol. The third kappa shape index (κ3) is 2.11. The molecule has 0 radical (unpaired) electrons. The largest absolute Gasteiger partial charge is 0.282 e. The number of hydrogen-bond acceptors (Lipinski definition) is 5. The number of nitro benzene ring substituents is 1. The van der Waals surface area contributed by atoms with E-state index in [1.165, 1.54) is 12.1 Å². The highest BCUT2D eigenvalue weighted by Crippen LogP contribution is 2.27. The lowest BCUT2D eigenvalue weighted by atomic mass is 10.1. The van der Waals surface area contributed by atoms with Gasteiger partial charge in [-0.2, -0.15) is 0 Å². The van der Waals surface area contributed by atoms with Gasteiger partial charge < -0.3 is 0 Å². The first-order chi connectivity index (χ1) is 12.7. The Kier molecular flexibility index (Phi) is 2.96. The van der Waals surface area contributed by atoms with Crippen molar-refractivity contribution in [2.24, 2.45) is 0 Å². The van der Waals surface area contributed by atoms with Crippen LogP contribution in [0.25, 0.3) is 39.1 Å². The number of rotatable bonds is 2. The van der Waals surface area contributed by atoms with Gasteiger partial charge in [-0.15, -0.1) is 0 Å². The molecule has 124 valence electrons. The van der Waals surface area contributed by atoms with Crippen molar-refractivity contribution in [1.29, 1.82) is 0 Å². The normalized spacial score (nSPS) is 11.4. The van der Waals surface area contributed by atoms with Crippen LogP contribution >= 0.6 is 0 Å². The quantitative estimate of drug-likeness (QED) is 0.358. The topological polar surface area (TPSA) is 86.2 Å². The summed E-state index contributed by atoms with van der Waals surface area (Å²) in [7, 11) is 0. The molecule has 7 nitrogen and oxygen atoms in total. The number of nitro groups is 1. The Hall–Kier alpha value is -3.87. The van der Waals surface area contributed by atoms with Crippen LogP contribution in [0.5, 0.6) is 0 Å². The van der Waals surface area contributed by atoms with E-state index in [4.69, 9.17) is 0 Å². The maximum absolute atomic E-state index is 11.0. The fourth-order valence-electron chi connectivity index (χ4n) is 3.10. The Morgan fingerprint density at radius 2 is 1.69 bits per heavy atom. The predicted molar refractivity (Wildman–Crippen MR) is 97.9 cm³/mol. The molecule has 3 heterocycles. The van der Waals surface area contributed by atoms with Crippen LogP contribution in [0.2, 0.25) is 0 Å². The summed E-state index contributed by atoms with van der Waals surface area (Å²) in [4.78, 5) is 24.3. The predicted octanol–water partition coefficient (Wildman–Crippen LogP) is 4.01. The number of imidazole rings is 1. The van der Waals surface area contributed by atoms with Crippen molar-refractivity contribution in [2.45, 2.75) is 0 Å². The fourth-order valence-corrected chi connectivity index (χ4v) is 3.10. The van der Waals surface area contributed by atoms with E-state index in [1.54, 1.807) is 6.07 Å². The van der Waals surface area contributed by atoms with Crippen LogP contribution in [-0.2, 0) is 0 Å². The Labute approximate surface area is 146 Å². The van der Waals surface area contributed by atoms with Gasteiger partial charge in [0.25, 0.3) is 5.69 Å². The third-order valence-corrected chi connectivity index (χ3v) is 4.31. The van der Waals surface area contributed by atoms with Crippen molar-refractivity contribution in [3.8, 4) is 11.1 Å². The Morgan fingerprint density at radius 3 is 2.50 bits per heavy atom. The number of nitrogens with zero attached hydrogens (tertiary/aromatic N) is 5. The first-order valence-electron chi connectivity index (χ1n) is 7.99. The van der Waals surface area contributed by atoms with E-state index in [9.17, 15) is 10.1 Å². The van der Waals surface area contributed by atoms with E-state index < -0.39 is 4.92 Å². The second-order valence-corrected chi connectivity index (χ2v) is 5.89. The summed E-state index contributed by atoms with van der Waals surface area (Å²) in [6, 6.07) is 18.4. The molecule has 0 aliphatic heterocycles. The molecule has 0 atom stereocenters. The molecule has 3 aromatic heterocycles. The lowest BCUT2D eigenvalue weighted by molar-refractivity contribution is -0.384. The second kappa shape index (κ2) is 5.32. The van der Waals surface area contributed by atoms with Crippen molar-refractivity contribution < 1.29 is 4.92 Å². The third-order valence-electron chi connectivity index (χ3n) is 4.31. The molecule has 0 aliphatic rings. The molecule has 0 saturated carbocycles. The van der Waals surface area contributed by atoms with Gasteiger partial charge in [-0.3, -0.25) is 14.5 Å². The first kappa shape index (κ1) is 14.5. The molecule has 5 aromatic rings. The molecular formula is C19H11N5O2. The maximum atomic E-state index is 11.0. The molecular weight excluding hydrogens is 330 g/mol. The van der Waals surface area contributed by atoms with Crippen LogP contribution in [-0.4, -0.2) is 24.3 Å². The molecule has 0 bridgehead atoms. The summed E-state index contributed by atoms with van der Waals surface area (Å²) in [6.45, 7) is 0. The minimum absolute atomic E-state index is 0.00931. The van der Waals surface area contributed by atoms with Crippen molar-refractivity contribution in [3.05, 3.63) is 77.0 Å². The van der Waals surface area contributed by atoms with Gasteiger partial charge in [0, 0.05) is 23.9 Å². The zero-order valence-corrected chi connectivity index (χ0v) is 13.4. The van der Waals surface area contributed by atoms with Crippen LogP contribution in [0.1, 0.15) is 0 Å². The van der Waals surface area contributed by atoms with Crippen LogP contribution < -0.4 is 0 Å². The smallest absolute Gasteiger partial charge is 0.271 e. The summed E-state index contributed by atoms with van der Waals surface area (Å²) in [6.07, 6.45) is 1.87. The SMILES string of the molecule is O=[N+]([O-])c1ccc2nc3nc4c(-c5ccccc5)cccn4c3nc2c1. The van der Waals surface area contributed by atoms with Crippen molar-refractivity contribution in [3.63, 3.8) is 0 Å². The van der Waals surface area contributed by atoms with Crippen molar-refractivity contribution in [2.75, 3.05) is 0 Å². The molecule has 0 saturated heterocycles. The molecule has 0 amide bonds. The van der Waals surface area contributed by atoms with Crippen LogP contribution in [0.4, 0.5) is 5.69 Å². The lowest BCUT2D eigenvalue weighted by Gasteiger charge is -2.03. The number of hydrogen-bond donors (Lipinski definition) is 0. The van der Waals surface area contributed by atoms with Crippen LogP contribution in [0.3, 0.4) is 0 Å². The number of aromatic nitrogens is 4. The Bertz CT molecular complexity index is 1310. The van der Waals surface area contributed by atoms with Gasteiger partial charge in [0.15, 0.2) is 11.3 Å². The van der Waals surface area contributed by atoms with E-state index >= 15 is 0 Å². The number of pyridine rings is 1. The first-order valence-corrected chi connectivity index (χ1v) is 7.99. The Balaban J connectivity index is 1.84. The number of fused-ring (bicyclic) bond motifs is 4. The van der Waals surface area contributed by atoms with Crippen LogP contribution in [0, 0.1) is 10.1 Å². The van der Waals surface area contributed by atoms with Gasteiger partial charge in [-0.05, 0) is 23.8 Å². The zero-order chi connectivity index (χ0) is 17.7. The number of benzene rings is 2. The molecule has 26 heavy (non-hydrogen) atoms. The molecule has 0 fully saturated rings. The monoisotopic (exact) mass is 341 g/mol. The highest BCUT2D eigenvalue weighted by Gasteiger charge is 2.14. The molecule has 7 heteroatoms. The summed E-state index contributed by atoms with van der Waals surface area (Å²) in [5.41, 5.74) is 4.90. The minimum Gasteiger partial charge on any atom is -0.282 e. The highest BCUT2D eigenvalue weighted by atomic mass is 16.6. The van der Waals surface area contributed by atoms with Gasteiger partial charge in [0.1, 0.15) is 5.65 Å². The molecule has 0 N–H and O–H groups in total. The van der Waals surface area contributed by atoms with E-state index in [2.05, 4.69) is 15.0 Å². The second-order valence-electron chi connectivity index (χ2n) is 5.89. The zero-order valence-electron chi connectivity index (χ0n) is 13.4. The van der Waals surface area contributed by atoms with E-state index in [-0.39, 0.29) is 5.69 Å². The summed E-state index contributed by atoms with van der Waals surface area (Å²) in [5.74, 6) is 0. The summed E-state index contributed by atoms with van der Waals surface area (Å²) < 4.78 is 1.86. The van der Waals surface area contributed by atoms with Crippen LogP contribution in [0.15, 0.2) is 66.9 Å². The highest BCUT2D eigenvalue weighted by molar-refractivity contribution is 5.89. The number of non-ortho nitro benzene ring substituents is 1. The lowest BCUT2D eigenvalue weighted by Crippen LogP contribution is -1.92. The van der Waals surface area contributed by atoms with Gasteiger partial charge in [0.05, 0.1) is 16.0 Å². The Morgan fingerprint density at radius 1 is 0.846 bits per heavy atom. The van der Waals surface area contributed by atoms with Gasteiger partial charge in [-0.1, -0.05) is 30.3 Å². The standard InChI is InChI=1S/C19H11N5O2/c25-24(26)13-8-9-15-16(11-13)21-19-17(20-15)22-18-14(7-4-10-23(18)19)12-5-2-1-3-6-12/h1-11H. The molecule has 0 aliphatic carbocycles.